The lowest BCUT2D eigenvalue weighted by Gasteiger charge is -2.31. The molecule has 3 rings (SSSR count). The van der Waals surface area contributed by atoms with Gasteiger partial charge in [-0.2, -0.15) is 0 Å². The predicted molar refractivity (Wildman–Crippen MR) is 93.1 cm³/mol. The molecule has 25 heavy (non-hydrogen) atoms. The van der Waals surface area contributed by atoms with E-state index in [9.17, 15) is 9.18 Å². The fourth-order valence-electron chi connectivity index (χ4n) is 2.82. The predicted octanol–water partition coefficient (Wildman–Crippen LogP) is 4.10. The molecule has 2 aromatic rings. The van der Waals surface area contributed by atoms with Gasteiger partial charge in [0, 0.05) is 24.7 Å². The SMILES string of the molecule is O=C(OCc1nccs1)N1CCC(CCOc2ccc(F)cc2)CC1. The lowest BCUT2D eigenvalue weighted by molar-refractivity contribution is 0.0799. The van der Waals surface area contributed by atoms with Crippen LogP contribution in [0.3, 0.4) is 0 Å². The third kappa shape index (κ3) is 5.42. The molecule has 0 spiro atoms. The Labute approximate surface area is 150 Å². The molecule has 1 aliphatic heterocycles. The monoisotopic (exact) mass is 364 g/mol. The van der Waals surface area contributed by atoms with E-state index < -0.39 is 0 Å². The Kier molecular flexibility index (Phi) is 6.22. The third-order valence-corrected chi connectivity index (χ3v) is 5.04. The second kappa shape index (κ2) is 8.80. The molecule has 1 saturated heterocycles. The summed E-state index contributed by atoms with van der Waals surface area (Å²) in [5.74, 6) is 0.953. The van der Waals surface area contributed by atoms with Crippen molar-refractivity contribution >= 4 is 17.4 Å². The summed E-state index contributed by atoms with van der Waals surface area (Å²) < 4.78 is 23.8. The third-order valence-electron chi connectivity index (χ3n) is 4.28. The lowest BCUT2D eigenvalue weighted by Crippen LogP contribution is -2.39. The molecule has 5 nitrogen and oxygen atoms in total. The molecule has 0 bridgehead atoms. The van der Waals surface area contributed by atoms with Crippen molar-refractivity contribution in [1.82, 2.24) is 9.88 Å². The van der Waals surface area contributed by atoms with Gasteiger partial charge in [-0.25, -0.2) is 14.2 Å². The number of aromatic nitrogens is 1. The number of carbonyl (C=O) groups excluding carboxylic acids is 1. The van der Waals surface area contributed by atoms with Gasteiger partial charge in [-0.05, 0) is 49.4 Å². The standard InChI is InChI=1S/C18H21FN2O3S/c19-15-1-3-16(4-2-15)23-11-7-14-5-9-21(10-6-14)18(22)24-13-17-20-8-12-25-17/h1-4,8,12,14H,5-7,9-11,13H2. The lowest BCUT2D eigenvalue weighted by atomic mass is 9.94. The number of thiazole rings is 1. The van der Waals surface area contributed by atoms with Crippen molar-refractivity contribution in [3.8, 4) is 5.75 Å². The fourth-order valence-corrected chi connectivity index (χ4v) is 3.34. The minimum Gasteiger partial charge on any atom is -0.494 e. The van der Waals surface area contributed by atoms with Crippen molar-refractivity contribution in [1.29, 1.82) is 0 Å². The molecule has 0 aliphatic carbocycles. The van der Waals surface area contributed by atoms with Crippen LogP contribution in [0.25, 0.3) is 0 Å². The van der Waals surface area contributed by atoms with Crippen LogP contribution in [0.5, 0.6) is 5.75 Å². The normalized spacial score (nSPS) is 15.2. The zero-order valence-corrected chi connectivity index (χ0v) is 14.7. The molecule has 7 heteroatoms. The van der Waals surface area contributed by atoms with Crippen LogP contribution in [-0.4, -0.2) is 35.7 Å². The summed E-state index contributed by atoms with van der Waals surface area (Å²) in [4.78, 5) is 17.9. The number of halogens is 1. The maximum Gasteiger partial charge on any atom is 0.410 e. The highest BCUT2D eigenvalue weighted by Crippen LogP contribution is 2.22. The maximum absolute atomic E-state index is 12.8. The molecule has 0 N–H and O–H groups in total. The molecule has 0 radical (unpaired) electrons. The van der Waals surface area contributed by atoms with Crippen LogP contribution < -0.4 is 4.74 Å². The van der Waals surface area contributed by atoms with E-state index in [4.69, 9.17) is 9.47 Å². The van der Waals surface area contributed by atoms with Gasteiger partial charge in [0.2, 0.25) is 0 Å². The second-order valence-corrected chi connectivity index (χ2v) is 6.98. The van der Waals surface area contributed by atoms with E-state index >= 15 is 0 Å². The number of likely N-dealkylation sites (tertiary alicyclic amines) is 1. The number of rotatable bonds is 6. The maximum atomic E-state index is 12.8. The average molecular weight is 364 g/mol. The number of amides is 1. The Morgan fingerprint density at radius 2 is 2.04 bits per heavy atom. The summed E-state index contributed by atoms with van der Waals surface area (Å²) >= 11 is 1.48. The second-order valence-electron chi connectivity index (χ2n) is 6.00. The molecule has 1 aliphatic rings. The molecule has 0 atom stereocenters. The highest BCUT2D eigenvalue weighted by molar-refractivity contribution is 7.09. The van der Waals surface area contributed by atoms with Crippen LogP contribution in [0.4, 0.5) is 9.18 Å². The van der Waals surface area contributed by atoms with Gasteiger partial charge in [0.05, 0.1) is 6.61 Å². The summed E-state index contributed by atoms with van der Waals surface area (Å²) in [6.45, 7) is 2.25. The van der Waals surface area contributed by atoms with Gasteiger partial charge in [-0.1, -0.05) is 0 Å². The van der Waals surface area contributed by atoms with Gasteiger partial charge in [0.25, 0.3) is 0 Å². The van der Waals surface area contributed by atoms with Crippen LogP contribution in [0, 0.1) is 11.7 Å². The summed E-state index contributed by atoms with van der Waals surface area (Å²) in [5.41, 5.74) is 0. The molecule has 1 fully saturated rings. The first kappa shape index (κ1) is 17.7. The Morgan fingerprint density at radius 3 is 2.72 bits per heavy atom. The summed E-state index contributed by atoms with van der Waals surface area (Å²) in [5, 5.41) is 2.67. The molecule has 134 valence electrons. The Bertz CT molecular complexity index is 655. The molecule has 0 unspecified atom stereocenters. The smallest absolute Gasteiger partial charge is 0.410 e. The fraction of sp³-hybridized carbons (Fsp3) is 0.444. The van der Waals surface area contributed by atoms with E-state index in [1.165, 1.54) is 23.5 Å². The largest absolute Gasteiger partial charge is 0.494 e. The summed E-state index contributed by atoms with van der Waals surface area (Å²) in [6.07, 6.45) is 4.25. The molecule has 2 heterocycles. The number of carbonyl (C=O) groups is 1. The number of ether oxygens (including phenoxy) is 2. The van der Waals surface area contributed by atoms with Crippen molar-refractivity contribution in [2.75, 3.05) is 19.7 Å². The van der Waals surface area contributed by atoms with Crippen molar-refractivity contribution in [2.45, 2.75) is 25.9 Å². The number of nitrogens with zero attached hydrogens (tertiary/aromatic N) is 2. The van der Waals surface area contributed by atoms with Gasteiger partial charge in [0.1, 0.15) is 23.2 Å². The first-order chi connectivity index (χ1) is 12.2. The first-order valence-electron chi connectivity index (χ1n) is 8.39. The van der Waals surface area contributed by atoms with Gasteiger partial charge in [-0.3, -0.25) is 0 Å². The highest BCUT2D eigenvalue weighted by atomic mass is 32.1. The number of hydrogen-bond donors (Lipinski definition) is 0. The van der Waals surface area contributed by atoms with E-state index in [2.05, 4.69) is 4.98 Å². The van der Waals surface area contributed by atoms with Crippen molar-refractivity contribution in [3.05, 3.63) is 46.7 Å². The number of hydrogen-bond acceptors (Lipinski definition) is 5. The van der Waals surface area contributed by atoms with Crippen molar-refractivity contribution in [2.24, 2.45) is 5.92 Å². The van der Waals surface area contributed by atoms with E-state index in [-0.39, 0.29) is 18.5 Å². The quantitative estimate of drug-likeness (QED) is 0.774. The highest BCUT2D eigenvalue weighted by Gasteiger charge is 2.23. The molecule has 0 saturated carbocycles. The van der Waals surface area contributed by atoms with Gasteiger partial charge < -0.3 is 14.4 Å². The van der Waals surface area contributed by atoms with Gasteiger partial charge in [0.15, 0.2) is 0 Å². The van der Waals surface area contributed by atoms with Crippen LogP contribution >= 0.6 is 11.3 Å². The van der Waals surface area contributed by atoms with Crippen molar-refractivity contribution < 1.29 is 18.7 Å². The zero-order chi connectivity index (χ0) is 17.5. The first-order valence-corrected chi connectivity index (χ1v) is 9.27. The van der Waals surface area contributed by atoms with Crippen LogP contribution in [0.15, 0.2) is 35.8 Å². The van der Waals surface area contributed by atoms with Gasteiger partial charge >= 0.3 is 6.09 Å². The van der Waals surface area contributed by atoms with E-state index in [0.717, 1.165) is 24.3 Å². The van der Waals surface area contributed by atoms with Crippen molar-refractivity contribution in [3.63, 3.8) is 0 Å². The van der Waals surface area contributed by atoms with E-state index in [1.54, 1.807) is 23.2 Å². The topological polar surface area (TPSA) is 51.7 Å². The van der Waals surface area contributed by atoms with E-state index in [0.29, 0.717) is 31.4 Å². The summed E-state index contributed by atoms with van der Waals surface area (Å²) in [6, 6.07) is 6.06. The molecule has 1 amide bonds. The molecular formula is C18H21FN2O3S. The molecule has 1 aromatic heterocycles. The average Bonchev–Trinajstić information content (AvgIpc) is 3.15. The number of piperidine rings is 1. The van der Waals surface area contributed by atoms with Gasteiger partial charge in [-0.15, -0.1) is 11.3 Å². The Hall–Kier alpha value is -2.15. The van der Waals surface area contributed by atoms with Crippen LogP contribution in [0.1, 0.15) is 24.3 Å². The molecular weight excluding hydrogens is 343 g/mol. The minimum absolute atomic E-state index is 0.238. The van der Waals surface area contributed by atoms with Crippen LogP contribution in [-0.2, 0) is 11.3 Å². The van der Waals surface area contributed by atoms with Crippen LogP contribution in [0.2, 0.25) is 0 Å². The van der Waals surface area contributed by atoms with E-state index in [1.807, 2.05) is 5.38 Å². The Morgan fingerprint density at radius 1 is 1.28 bits per heavy atom. The zero-order valence-electron chi connectivity index (χ0n) is 13.9. The summed E-state index contributed by atoms with van der Waals surface area (Å²) in [7, 11) is 0. The Balaban J connectivity index is 1.32. The molecule has 1 aromatic carbocycles. The minimum atomic E-state index is -0.267. The number of benzene rings is 1.